The Balaban J connectivity index is 2.03. The van der Waals surface area contributed by atoms with Crippen molar-refractivity contribution in [1.82, 2.24) is 14.5 Å². The maximum atomic E-state index is 11.7. The molecule has 0 spiro atoms. The summed E-state index contributed by atoms with van der Waals surface area (Å²) in [6.45, 7) is 2.63. The molecule has 1 aromatic carbocycles. The lowest BCUT2D eigenvalue weighted by molar-refractivity contribution is -0.143. The number of aromatic nitrogens is 3. The zero-order valence-corrected chi connectivity index (χ0v) is 13.5. The highest BCUT2D eigenvalue weighted by Gasteiger charge is 2.15. The molecule has 3 aromatic rings. The van der Waals surface area contributed by atoms with Gasteiger partial charge in [0.15, 0.2) is 5.65 Å². The maximum absolute atomic E-state index is 11.7. The largest absolute Gasteiger partial charge is 0.466 e. The van der Waals surface area contributed by atoms with Gasteiger partial charge >= 0.3 is 5.97 Å². The predicted octanol–water partition coefficient (Wildman–Crippen LogP) is 3.70. The van der Waals surface area contributed by atoms with Gasteiger partial charge in [0.2, 0.25) is 0 Å². The van der Waals surface area contributed by atoms with Crippen LogP contribution in [0.1, 0.15) is 13.3 Å². The van der Waals surface area contributed by atoms with Crippen molar-refractivity contribution in [3.05, 3.63) is 47.6 Å². The van der Waals surface area contributed by atoms with Gasteiger partial charge in [0.05, 0.1) is 13.0 Å². The lowest BCUT2D eigenvalue weighted by Crippen LogP contribution is -2.10. The first-order valence-corrected chi connectivity index (χ1v) is 7.79. The van der Waals surface area contributed by atoms with Crippen LogP contribution in [0, 0.1) is 0 Å². The lowest BCUT2D eigenvalue weighted by atomic mass is 10.2. The van der Waals surface area contributed by atoms with E-state index in [1.807, 2.05) is 41.0 Å². The minimum absolute atomic E-state index is 0.234. The van der Waals surface area contributed by atoms with Crippen LogP contribution in [-0.2, 0) is 16.1 Å². The molecule has 0 saturated heterocycles. The fraction of sp³-hybridized carbons (Fsp3) is 0.235. The van der Waals surface area contributed by atoms with Crippen molar-refractivity contribution in [3.8, 4) is 11.4 Å². The van der Waals surface area contributed by atoms with Gasteiger partial charge in [-0.05, 0) is 31.2 Å². The molecule has 0 amide bonds. The number of hydrogen-bond donors (Lipinski definition) is 0. The van der Waals surface area contributed by atoms with Crippen LogP contribution in [0.2, 0.25) is 5.02 Å². The van der Waals surface area contributed by atoms with Crippen LogP contribution in [-0.4, -0.2) is 27.1 Å². The smallest absolute Gasteiger partial charge is 0.307 e. The van der Waals surface area contributed by atoms with Gasteiger partial charge in [0.25, 0.3) is 0 Å². The number of benzene rings is 1. The monoisotopic (exact) mass is 329 g/mol. The molecule has 0 aliphatic heterocycles. The number of carbonyl (C=O) groups excluding carboxylic acids is 1. The predicted molar refractivity (Wildman–Crippen MR) is 89.2 cm³/mol. The molecule has 23 heavy (non-hydrogen) atoms. The molecule has 0 radical (unpaired) electrons. The van der Waals surface area contributed by atoms with Crippen molar-refractivity contribution in [2.45, 2.75) is 19.9 Å². The number of hydrogen-bond acceptors (Lipinski definition) is 4. The second-order valence-corrected chi connectivity index (χ2v) is 5.43. The number of imidazole rings is 1. The van der Waals surface area contributed by atoms with Crippen molar-refractivity contribution in [3.63, 3.8) is 0 Å². The van der Waals surface area contributed by atoms with Crippen molar-refractivity contribution in [1.29, 1.82) is 0 Å². The molecule has 0 aliphatic rings. The number of pyridine rings is 1. The summed E-state index contributed by atoms with van der Waals surface area (Å²) in [7, 11) is 0. The fourth-order valence-corrected chi connectivity index (χ4v) is 2.64. The highest BCUT2D eigenvalue weighted by molar-refractivity contribution is 6.30. The minimum Gasteiger partial charge on any atom is -0.466 e. The number of ether oxygens (including phenoxy) is 1. The highest BCUT2D eigenvalue weighted by Crippen LogP contribution is 2.26. The first-order valence-electron chi connectivity index (χ1n) is 7.42. The van der Waals surface area contributed by atoms with Gasteiger partial charge in [-0.15, -0.1) is 0 Å². The number of halogens is 1. The summed E-state index contributed by atoms with van der Waals surface area (Å²) in [4.78, 5) is 20.7. The molecule has 0 fully saturated rings. The van der Waals surface area contributed by atoms with Crippen LogP contribution in [0.25, 0.3) is 22.6 Å². The number of carbonyl (C=O) groups is 1. The molecule has 0 N–H and O–H groups in total. The number of nitrogens with zero attached hydrogens (tertiary/aromatic N) is 3. The summed E-state index contributed by atoms with van der Waals surface area (Å²) in [6.07, 6.45) is 1.98. The molecule has 118 valence electrons. The first kappa shape index (κ1) is 15.5. The minimum atomic E-state index is -0.234. The SMILES string of the molecule is CCOC(=O)CCn1c(-c2cccc(Cl)c2)nc2cccnc21. The van der Waals surface area contributed by atoms with E-state index in [1.165, 1.54) is 0 Å². The average Bonchev–Trinajstić information content (AvgIpc) is 2.92. The van der Waals surface area contributed by atoms with E-state index in [1.54, 1.807) is 13.1 Å². The van der Waals surface area contributed by atoms with E-state index in [2.05, 4.69) is 9.97 Å². The van der Waals surface area contributed by atoms with Crippen molar-refractivity contribution < 1.29 is 9.53 Å². The van der Waals surface area contributed by atoms with E-state index in [0.29, 0.717) is 18.2 Å². The molecule has 2 aromatic heterocycles. The second-order valence-electron chi connectivity index (χ2n) is 5.00. The summed E-state index contributed by atoms with van der Waals surface area (Å²) in [5.41, 5.74) is 2.41. The number of rotatable bonds is 5. The number of aryl methyl sites for hydroxylation is 1. The Bertz CT molecular complexity index is 845. The Morgan fingerprint density at radius 3 is 2.96 bits per heavy atom. The Labute approximate surface area is 138 Å². The third-order valence-corrected chi connectivity index (χ3v) is 3.67. The normalized spacial score (nSPS) is 10.9. The Kier molecular flexibility index (Phi) is 4.57. The van der Waals surface area contributed by atoms with E-state index in [9.17, 15) is 4.79 Å². The van der Waals surface area contributed by atoms with E-state index in [-0.39, 0.29) is 12.4 Å². The molecule has 0 aliphatic carbocycles. The topological polar surface area (TPSA) is 57.0 Å². The van der Waals surface area contributed by atoms with Crippen LogP contribution >= 0.6 is 11.6 Å². The number of fused-ring (bicyclic) bond motifs is 1. The molecule has 3 rings (SSSR count). The molecule has 0 saturated carbocycles. The number of esters is 1. The van der Waals surface area contributed by atoms with Crippen LogP contribution in [0.4, 0.5) is 0 Å². The zero-order chi connectivity index (χ0) is 16.2. The Hall–Kier alpha value is -2.40. The third-order valence-electron chi connectivity index (χ3n) is 3.43. The summed E-state index contributed by atoms with van der Waals surface area (Å²) in [5, 5.41) is 0.638. The van der Waals surface area contributed by atoms with Gasteiger partial charge in [-0.1, -0.05) is 23.7 Å². The fourth-order valence-electron chi connectivity index (χ4n) is 2.45. The van der Waals surface area contributed by atoms with Gasteiger partial charge in [-0.2, -0.15) is 0 Å². The summed E-state index contributed by atoms with van der Waals surface area (Å²) >= 11 is 6.09. The summed E-state index contributed by atoms with van der Waals surface area (Å²) in [5.74, 6) is 0.507. The van der Waals surface area contributed by atoms with Gasteiger partial charge in [-0.3, -0.25) is 4.79 Å². The van der Waals surface area contributed by atoms with Crippen LogP contribution in [0.3, 0.4) is 0 Å². The van der Waals surface area contributed by atoms with Crippen LogP contribution < -0.4 is 0 Å². The van der Waals surface area contributed by atoms with Crippen molar-refractivity contribution in [2.24, 2.45) is 0 Å². The van der Waals surface area contributed by atoms with Crippen LogP contribution in [0.15, 0.2) is 42.6 Å². The molecule has 6 heteroatoms. The van der Waals surface area contributed by atoms with E-state index in [4.69, 9.17) is 16.3 Å². The average molecular weight is 330 g/mol. The Morgan fingerprint density at radius 2 is 2.17 bits per heavy atom. The van der Waals surface area contributed by atoms with Crippen molar-refractivity contribution in [2.75, 3.05) is 6.61 Å². The molecule has 0 atom stereocenters. The summed E-state index contributed by atoms with van der Waals surface area (Å²) < 4.78 is 6.93. The lowest BCUT2D eigenvalue weighted by Gasteiger charge is -2.08. The standard InChI is InChI=1S/C17H16ClN3O2/c1-2-23-15(22)8-10-21-16(12-5-3-6-13(18)11-12)20-14-7-4-9-19-17(14)21/h3-7,9,11H,2,8,10H2,1H3. The molecule has 2 heterocycles. The van der Waals surface area contributed by atoms with E-state index in [0.717, 1.165) is 22.6 Å². The van der Waals surface area contributed by atoms with Gasteiger partial charge in [0.1, 0.15) is 11.3 Å². The quantitative estimate of drug-likeness (QED) is 0.670. The van der Waals surface area contributed by atoms with Crippen LogP contribution in [0.5, 0.6) is 0 Å². The van der Waals surface area contributed by atoms with E-state index < -0.39 is 0 Å². The zero-order valence-electron chi connectivity index (χ0n) is 12.7. The molecule has 5 nitrogen and oxygen atoms in total. The van der Waals surface area contributed by atoms with Crippen molar-refractivity contribution >= 4 is 28.7 Å². The van der Waals surface area contributed by atoms with Gasteiger partial charge < -0.3 is 9.30 Å². The van der Waals surface area contributed by atoms with E-state index >= 15 is 0 Å². The molecule has 0 bridgehead atoms. The third kappa shape index (κ3) is 3.35. The summed E-state index contributed by atoms with van der Waals surface area (Å²) in [6, 6.07) is 11.2. The molecular weight excluding hydrogens is 314 g/mol. The van der Waals surface area contributed by atoms with Gasteiger partial charge in [0, 0.05) is 23.3 Å². The first-order chi connectivity index (χ1) is 11.2. The maximum Gasteiger partial charge on any atom is 0.307 e. The van der Waals surface area contributed by atoms with Gasteiger partial charge in [-0.25, -0.2) is 9.97 Å². The molecular formula is C17H16ClN3O2. The Morgan fingerprint density at radius 1 is 1.30 bits per heavy atom. The second kappa shape index (κ2) is 6.79. The highest BCUT2D eigenvalue weighted by atomic mass is 35.5. The molecule has 0 unspecified atom stereocenters.